The molecule has 0 nitrogen and oxygen atoms in total. The van der Waals surface area contributed by atoms with Crippen molar-refractivity contribution in [1.29, 1.82) is 0 Å². The van der Waals surface area contributed by atoms with Crippen molar-refractivity contribution >= 4 is 5.57 Å². The molecule has 1 rings (SSSR count). The largest absolute Gasteiger partial charge is 0.207 e. The molecule has 0 radical (unpaired) electrons. The first-order chi connectivity index (χ1) is 8.58. The average Bonchev–Trinajstić information content (AvgIpc) is 2.33. The van der Waals surface area contributed by atoms with Gasteiger partial charge in [-0.3, -0.25) is 0 Å². The second-order valence-electron chi connectivity index (χ2n) is 5.28. The number of allylic oxidation sites excluding steroid dienone is 2. The fraction of sp³-hybridized carbons (Fsp3) is 0.529. The van der Waals surface area contributed by atoms with Crippen molar-refractivity contribution in [2.45, 2.75) is 53.4 Å². The van der Waals surface area contributed by atoms with E-state index in [1.165, 1.54) is 11.1 Å². The monoisotopic (exact) mass is 248 g/mol. The van der Waals surface area contributed by atoms with Gasteiger partial charge in [0.1, 0.15) is 5.82 Å². The molecule has 18 heavy (non-hydrogen) atoms. The van der Waals surface area contributed by atoms with Gasteiger partial charge in [-0.2, -0.15) is 0 Å². The minimum atomic E-state index is -0.0709. The van der Waals surface area contributed by atoms with Gasteiger partial charge in [0.05, 0.1) is 0 Å². The number of benzene rings is 1. The molecule has 0 aromatic heterocycles. The van der Waals surface area contributed by atoms with E-state index in [4.69, 9.17) is 0 Å². The minimum Gasteiger partial charge on any atom is -0.207 e. The van der Waals surface area contributed by atoms with Crippen molar-refractivity contribution in [3.8, 4) is 0 Å². The molecule has 0 saturated heterocycles. The van der Waals surface area contributed by atoms with Crippen LogP contribution in [0.2, 0.25) is 0 Å². The van der Waals surface area contributed by atoms with E-state index in [0.717, 1.165) is 31.2 Å². The van der Waals surface area contributed by atoms with E-state index in [2.05, 4.69) is 33.8 Å². The van der Waals surface area contributed by atoms with E-state index < -0.39 is 0 Å². The maximum Gasteiger partial charge on any atom is 0.126 e. The molecule has 1 aromatic carbocycles. The van der Waals surface area contributed by atoms with Gasteiger partial charge in [-0.05, 0) is 54.0 Å². The highest BCUT2D eigenvalue weighted by Crippen LogP contribution is 2.23. The second-order valence-corrected chi connectivity index (χ2v) is 5.28. The molecule has 0 aliphatic carbocycles. The van der Waals surface area contributed by atoms with Crippen LogP contribution in [0.5, 0.6) is 0 Å². The molecule has 0 spiro atoms. The third kappa shape index (κ3) is 4.29. The Morgan fingerprint density at radius 1 is 1.28 bits per heavy atom. The summed E-state index contributed by atoms with van der Waals surface area (Å²) in [5.41, 5.74) is 3.36. The van der Waals surface area contributed by atoms with Gasteiger partial charge in [0, 0.05) is 0 Å². The Balaban J connectivity index is 3.02. The highest BCUT2D eigenvalue weighted by atomic mass is 19.1. The Kier molecular flexibility index (Phi) is 6.11. The van der Waals surface area contributed by atoms with Gasteiger partial charge in [-0.1, -0.05) is 46.3 Å². The quantitative estimate of drug-likeness (QED) is 0.613. The molecular formula is C17H25F. The lowest BCUT2D eigenvalue weighted by atomic mass is 9.96. The third-order valence-corrected chi connectivity index (χ3v) is 3.10. The van der Waals surface area contributed by atoms with Crippen molar-refractivity contribution < 1.29 is 4.39 Å². The van der Waals surface area contributed by atoms with Crippen LogP contribution in [0.25, 0.3) is 5.57 Å². The summed E-state index contributed by atoms with van der Waals surface area (Å²) in [6.07, 6.45) is 6.35. The number of halogens is 1. The summed E-state index contributed by atoms with van der Waals surface area (Å²) in [6.45, 7) is 8.59. The summed E-state index contributed by atoms with van der Waals surface area (Å²) in [5.74, 6) is 0.415. The summed E-state index contributed by atoms with van der Waals surface area (Å²) in [6, 6.07) is 5.55. The molecule has 1 heteroatoms. The third-order valence-electron chi connectivity index (χ3n) is 3.10. The SMILES string of the molecule is CCC/C=C(/CC)c1ccc(F)c(CC(C)C)c1. The molecule has 0 heterocycles. The van der Waals surface area contributed by atoms with Gasteiger partial charge in [-0.25, -0.2) is 4.39 Å². The molecule has 0 aliphatic heterocycles. The molecule has 0 N–H and O–H groups in total. The maximum atomic E-state index is 13.7. The fourth-order valence-electron chi connectivity index (χ4n) is 2.16. The Labute approximate surface area is 111 Å². The highest BCUT2D eigenvalue weighted by molar-refractivity contribution is 5.65. The van der Waals surface area contributed by atoms with Crippen LogP contribution < -0.4 is 0 Å². The summed E-state index contributed by atoms with van der Waals surface area (Å²) in [4.78, 5) is 0. The summed E-state index contributed by atoms with van der Waals surface area (Å²) in [5, 5.41) is 0. The Bertz CT molecular complexity index is 402. The maximum absolute atomic E-state index is 13.7. The van der Waals surface area contributed by atoms with Gasteiger partial charge < -0.3 is 0 Å². The number of hydrogen-bond donors (Lipinski definition) is 0. The van der Waals surface area contributed by atoms with Gasteiger partial charge in [0.2, 0.25) is 0 Å². The van der Waals surface area contributed by atoms with E-state index in [1.54, 1.807) is 6.07 Å². The van der Waals surface area contributed by atoms with Crippen molar-refractivity contribution in [3.05, 3.63) is 41.2 Å². The predicted molar refractivity (Wildman–Crippen MR) is 78.1 cm³/mol. The Hall–Kier alpha value is -1.11. The van der Waals surface area contributed by atoms with Gasteiger partial charge >= 0.3 is 0 Å². The van der Waals surface area contributed by atoms with Crippen LogP contribution in [-0.4, -0.2) is 0 Å². The van der Waals surface area contributed by atoms with Crippen LogP contribution in [0.1, 0.15) is 58.1 Å². The van der Waals surface area contributed by atoms with Crippen molar-refractivity contribution in [3.63, 3.8) is 0 Å². The van der Waals surface area contributed by atoms with E-state index >= 15 is 0 Å². The van der Waals surface area contributed by atoms with Gasteiger partial charge in [-0.15, -0.1) is 0 Å². The molecule has 0 amide bonds. The van der Waals surface area contributed by atoms with Crippen molar-refractivity contribution in [1.82, 2.24) is 0 Å². The number of unbranched alkanes of at least 4 members (excludes halogenated alkanes) is 1. The molecule has 0 bridgehead atoms. The van der Waals surface area contributed by atoms with Crippen LogP contribution in [0.3, 0.4) is 0 Å². The molecule has 0 atom stereocenters. The van der Waals surface area contributed by atoms with Crippen LogP contribution >= 0.6 is 0 Å². The first-order valence-electron chi connectivity index (χ1n) is 7.06. The summed E-state index contributed by atoms with van der Waals surface area (Å²) < 4.78 is 13.7. The number of hydrogen-bond acceptors (Lipinski definition) is 0. The van der Waals surface area contributed by atoms with E-state index in [9.17, 15) is 4.39 Å². The Morgan fingerprint density at radius 3 is 2.56 bits per heavy atom. The zero-order valence-electron chi connectivity index (χ0n) is 12.1. The molecule has 0 unspecified atom stereocenters. The standard InChI is InChI=1S/C17H25F/c1-5-7-8-14(6-2)15-9-10-17(18)16(12-15)11-13(3)4/h8-10,12-13H,5-7,11H2,1-4H3/b14-8-. The van der Waals surface area contributed by atoms with Crippen molar-refractivity contribution in [2.75, 3.05) is 0 Å². The average molecular weight is 248 g/mol. The summed E-state index contributed by atoms with van der Waals surface area (Å²) >= 11 is 0. The highest BCUT2D eigenvalue weighted by Gasteiger charge is 2.07. The molecule has 1 aromatic rings. The van der Waals surface area contributed by atoms with Crippen molar-refractivity contribution in [2.24, 2.45) is 5.92 Å². The van der Waals surface area contributed by atoms with Crippen LogP contribution in [0.15, 0.2) is 24.3 Å². The van der Waals surface area contributed by atoms with E-state index in [-0.39, 0.29) is 5.82 Å². The molecule has 0 saturated carbocycles. The normalized spacial score (nSPS) is 12.2. The van der Waals surface area contributed by atoms with Crippen LogP contribution in [-0.2, 0) is 6.42 Å². The predicted octanol–water partition coefficient (Wildman–Crippen LogP) is 5.62. The number of rotatable bonds is 6. The molecule has 0 aliphatic rings. The topological polar surface area (TPSA) is 0 Å². The zero-order valence-corrected chi connectivity index (χ0v) is 12.1. The molecule has 100 valence electrons. The van der Waals surface area contributed by atoms with E-state index in [0.29, 0.717) is 5.92 Å². The lowest BCUT2D eigenvalue weighted by Gasteiger charge is -2.11. The van der Waals surface area contributed by atoms with Gasteiger partial charge in [0.15, 0.2) is 0 Å². The van der Waals surface area contributed by atoms with E-state index in [1.807, 2.05) is 12.1 Å². The van der Waals surface area contributed by atoms with Gasteiger partial charge in [0.25, 0.3) is 0 Å². The smallest absolute Gasteiger partial charge is 0.126 e. The molecular weight excluding hydrogens is 223 g/mol. The first kappa shape index (κ1) is 14.9. The Morgan fingerprint density at radius 2 is 2.00 bits per heavy atom. The van der Waals surface area contributed by atoms with Crippen LogP contribution in [0.4, 0.5) is 4.39 Å². The summed E-state index contributed by atoms with van der Waals surface area (Å²) in [7, 11) is 0. The minimum absolute atomic E-state index is 0.0709. The first-order valence-corrected chi connectivity index (χ1v) is 7.06. The molecule has 0 fully saturated rings. The second kappa shape index (κ2) is 7.35. The van der Waals surface area contributed by atoms with Crippen LogP contribution in [0, 0.1) is 11.7 Å². The lowest BCUT2D eigenvalue weighted by molar-refractivity contribution is 0.574. The fourth-order valence-corrected chi connectivity index (χ4v) is 2.16. The zero-order chi connectivity index (χ0) is 13.5. The lowest BCUT2D eigenvalue weighted by Crippen LogP contribution is -1.99.